The summed E-state index contributed by atoms with van der Waals surface area (Å²) in [6, 6.07) is 15.0. The highest BCUT2D eigenvalue weighted by Gasteiger charge is 2.30. The molecule has 0 aliphatic heterocycles. The van der Waals surface area contributed by atoms with Gasteiger partial charge in [0.2, 0.25) is 5.78 Å². The van der Waals surface area contributed by atoms with E-state index >= 15 is 0 Å². The summed E-state index contributed by atoms with van der Waals surface area (Å²) in [4.78, 5) is 8.77. The van der Waals surface area contributed by atoms with Crippen molar-refractivity contribution >= 4 is 5.78 Å². The number of hydrogen-bond acceptors (Lipinski definition) is 3. The average molecular weight is 481 g/mol. The van der Waals surface area contributed by atoms with Crippen LogP contribution in [0.15, 0.2) is 79.1 Å². The number of imidazole rings is 1. The zero-order valence-electron chi connectivity index (χ0n) is 18.1. The molecule has 0 N–H and O–H groups in total. The van der Waals surface area contributed by atoms with Crippen molar-refractivity contribution < 1.29 is 26.7 Å². The standard InChI is InChI=1S/C26H16F5N3O/c1-35-20-8-5-15(6-9-20)24-23(21-10-7-19(27)12-22(21)28)33-25-32-13-17(14-34(24)25)16-3-2-4-18(11-16)26(29,30)31/h2-14H,1H3. The van der Waals surface area contributed by atoms with Gasteiger partial charge < -0.3 is 4.74 Å². The normalized spacial score (nSPS) is 11.7. The van der Waals surface area contributed by atoms with Crippen molar-refractivity contribution in [2.45, 2.75) is 6.18 Å². The Hall–Kier alpha value is -4.27. The first-order valence-corrected chi connectivity index (χ1v) is 10.4. The summed E-state index contributed by atoms with van der Waals surface area (Å²) in [5.41, 5.74) is 1.25. The van der Waals surface area contributed by atoms with Gasteiger partial charge in [-0.1, -0.05) is 12.1 Å². The smallest absolute Gasteiger partial charge is 0.416 e. The fourth-order valence-electron chi connectivity index (χ4n) is 3.85. The van der Waals surface area contributed by atoms with E-state index in [1.165, 1.54) is 25.4 Å². The lowest BCUT2D eigenvalue weighted by Gasteiger charge is -2.10. The number of benzene rings is 3. The predicted molar refractivity (Wildman–Crippen MR) is 121 cm³/mol. The predicted octanol–water partition coefficient (Wildman–Crippen LogP) is 7.04. The minimum absolute atomic E-state index is 0.0586. The molecule has 0 saturated heterocycles. The van der Waals surface area contributed by atoms with Crippen molar-refractivity contribution in [3.05, 3.63) is 96.3 Å². The number of hydrogen-bond donors (Lipinski definition) is 0. The van der Waals surface area contributed by atoms with E-state index in [1.54, 1.807) is 40.9 Å². The molecule has 176 valence electrons. The second kappa shape index (κ2) is 8.50. The number of rotatable bonds is 4. The third-order valence-corrected chi connectivity index (χ3v) is 5.55. The van der Waals surface area contributed by atoms with Gasteiger partial charge in [-0.2, -0.15) is 13.2 Å². The number of fused-ring (bicyclic) bond motifs is 1. The van der Waals surface area contributed by atoms with Crippen molar-refractivity contribution in [1.82, 2.24) is 14.4 Å². The van der Waals surface area contributed by atoms with Crippen LogP contribution in [0, 0.1) is 11.6 Å². The number of halogens is 5. The summed E-state index contributed by atoms with van der Waals surface area (Å²) in [5.74, 6) is -0.739. The molecule has 0 amide bonds. The molecular formula is C26H16F5N3O. The molecule has 0 radical (unpaired) electrons. The molecule has 5 aromatic rings. The Bertz CT molecular complexity index is 1540. The lowest BCUT2D eigenvalue weighted by Crippen LogP contribution is -2.04. The van der Waals surface area contributed by atoms with Crippen molar-refractivity contribution in [3.63, 3.8) is 0 Å². The van der Waals surface area contributed by atoms with E-state index in [4.69, 9.17) is 4.74 Å². The molecule has 0 unspecified atom stereocenters. The molecular weight excluding hydrogens is 465 g/mol. The van der Waals surface area contributed by atoms with Gasteiger partial charge in [-0.3, -0.25) is 4.40 Å². The lowest BCUT2D eigenvalue weighted by molar-refractivity contribution is -0.137. The van der Waals surface area contributed by atoms with E-state index in [0.717, 1.165) is 24.3 Å². The van der Waals surface area contributed by atoms with Crippen LogP contribution >= 0.6 is 0 Å². The Morgan fingerprint density at radius 1 is 0.857 bits per heavy atom. The largest absolute Gasteiger partial charge is 0.497 e. The number of ether oxygens (including phenoxy) is 1. The molecule has 5 rings (SSSR count). The van der Waals surface area contributed by atoms with E-state index in [1.807, 2.05) is 0 Å². The maximum absolute atomic E-state index is 14.7. The van der Waals surface area contributed by atoms with Crippen molar-refractivity contribution in [3.8, 4) is 39.4 Å². The third kappa shape index (κ3) is 4.21. The van der Waals surface area contributed by atoms with Gasteiger partial charge in [0.15, 0.2) is 0 Å². The number of aromatic nitrogens is 3. The first kappa shape index (κ1) is 22.5. The highest BCUT2D eigenvalue weighted by molar-refractivity contribution is 5.82. The maximum atomic E-state index is 14.7. The van der Waals surface area contributed by atoms with E-state index in [9.17, 15) is 22.0 Å². The van der Waals surface area contributed by atoms with Gasteiger partial charge in [-0.15, -0.1) is 0 Å². The van der Waals surface area contributed by atoms with Gasteiger partial charge in [0.05, 0.1) is 18.4 Å². The first-order valence-electron chi connectivity index (χ1n) is 10.4. The van der Waals surface area contributed by atoms with Gasteiger partial charge in [0, 0.05) is 35.2 Å². The molecule has 35 heavy (non-hydrogen) atoms. The number of alkyl halides is 3. The van der Waals surface area contributed by atoms with Gasteiger partial charge in [0.25, 0.3) is 0 Å². The number of methoxy groups -OCH3 is 1. The van der Waals surface area contributed by atoms with Crippen molar-refractivity contribution in [2.24, 2.45) is 0 Å². The fraction of sp³-hybridized carbons (Fsp3) is 0.0769. The molecule has 2 aromatic heterocycles. The summed E-state index contributed by atoms with van der Waals surface area (Å²) in [6.07, 6.45) is -1.50. The quantitative estimate of drug-likeness (QED) is 0.259. The van der Waals surface area contributed by atoms with Gasteiger partial charge in [-0.25, -0.2) is 18.7 Å². The minimum Gasteiger partial charge on any atom is -0.497 e. The number of nitrogens with zero attached hydrogens (tertiary/aromatic N) is 3. The van der Waals surface area contributed by atoms with Gasteiger partial charge in [0.1, 0.15) is 23.1 Å². The van der Waals surface area contributed by atoms with Crippen molar-refractivity contribution in [1.29, 1.82) is 0 Å². The Kier molecular flexibility index (Phi) is 5.47. The SMILES string of the molecule is COc1ccc(-c2c(-c3ccc(F)cc3F)nc3ncc(-c4cccc(C(F)(F)F)c4)cn23)cc1. The van der Waals surface area contributed by atoms with Crippen LogP contribution in [0.5, 0.6) is 5.75 Å². The molecule has 0 saturated carbocycles. The zero-order chi connectivity index (χ0) is 24.7. The molecule has 0 spiro atoms. The average Bonchev–Trinajstić information content (AvgIpc) is 3.22. The highest BCUT2D eigenvalue weighted by atomic mass is 19.4. The van der Waals surface area contributed by atoms with Crippen LogP contribution in [0.2, 0.25) is 0 Å². The van der Waals surface area contributed by atoms with E-state index in [-0.39, 0.29) is 17.0 Å². The Labute approximate surface area is 196 Å². The molecule has 4 nitrogen and oxygen atoms in total. The Morgan fingerprint density at radius 3 is 2.31 bits per heavy atom. The van der Waals surface area contributed by atoms with Gasteiger partial charge >= 0.3 is 6.18 Å². The zero-order valence-corrected chi connectivity index (χ0v) is 18.1. The summed E-state index contributed by atoms with van der Waals surface area (Å²) >= 11 is 0. The van der Waals surface area contributed by atoms with Crippen LogP contribution in [-0.2, 0) is 6.18 Å². The summed E-state index contributed by atoms with van der Waals surface area (Å²) in [5, 5.41) is 0. The van der Waals surface area contributed by atoms with Crippen LogP contribution in [0.25, 0.3) is 39.4 Å². The van der Waals surface area contributed by atoms with E-state index in [0.29, 0.717) is 28.1 Å². The highest BCUT2D eigenvalue weighted by Crippen LogP contribution is 2.36. The fourth-order valence-corrected chi connectivity index (χ4v) is 3.85. The van der Waals surface area contributed by atoms with E-state index in [2.05, 4.69) is 9.97 Å². The van der Waals surface area contributed by atoms with Crippen LogP contribution < -0.4 is 4.74 Å². The topological polar surface area (TPSA) is 39.4 Å². The summed E-state index contributed by atoms with van der Waals surface area (Å²) in [7, 11) is 1.52. The van der Waals surface area contributed by atoms with Gasteiger partial charge in [-0.05, 0) is 54.1 Å². The molecule has 9 heteroatoms. The monoisotopic (exact) mass is 481 g/mol. The van der Waals surface area contributed by atoms with Crippen LogP contribution in [0.3, 0.4) is 0 Å². The molecule has 0 aliphatic carbocycles. The molecule has 0 fully saturated rings. The second-order valence-electron chi connectivity index (χ2n) is 7.75. The summed E-state index contributed by atoms with van der Waals surface area (Å²) in [6.45, 7) is 0. The first-order chi connectivity index (χ1) is 16.7. The minimum atomic E-state index is -4.50. The molecule has 0 aliphatic rings. The maximum Gasteiger partial charge on any atom is 0.416 e. The summed E-state index contributed by atoms with van der Waals surface area (Å²) < 4.78 is 74.8. The van der Waals surface area contributed by atoms with Crippen LogP contribution in [0.4, 0.5) is 22.0 Å². The molecule has 0 atom stereocenters. The van der Waals surface area contributed by atoms with E-state index < -0.39 is 23.4 Å². The molecule has 0 bridgehead atoms. The van der Waals surface area contributed by atoms with Crippen molar-refractivity contribution in [2.75, 3.05) is 7.11 Å². The Balaban J connectivity index is 1.75. The third-order valence-electron chi connectivity index (χ3n) is 5.55. The second-order valence-corrected chi connectivity index (χ2v) is 7.75. The molecule has 2 heterocycles. The van der Waals surface area contributed by atoms with Crippen LogP contribution in [-0.4, -0.2) is 21.5 Å². The molecule has 3 aromatic carbocycles. The lowest BCUT2D eigenvalue weighted by atomic mass is 10.0. The Morgan fingerprint density at radius 2 is 1.63 bits per heavy atom. The van der Waals surface area contributed by atoms with Crippen LogP contribution in [0.1, 0.15) is 5.56 Å².